The lowest BCUT2D eigenvalue weighted by Crippen LogP contribution is -2.10. The van der Waals surface area contributed by atoms with Crippen LogP contribution in [0.5, 0.6) is 11.5 Å². The normalized spacial score (nSPS) is 13.4. The van der Waals surface area contributed by atoms with Crippen LogP contribution < -0.4 is 9.47 Å². The number of fused-ring (bicyclic) bond motifs is 1. The number of rotatable bonds is 10. The topological polar surface area (TPSA) is 61.8 Å². The molecule has 0 atom stereocenters. The predicted octanol–water partition coefficient (Wildman–Crippen LogP) is 4.60. The van der Waals surface area contributed by atoms with Crippen LogP contribution in [0.3, 0.4) is 0 Å². The number of cyclic esters (lactones) is 1. The fourth-order valence-corrected chi connectivity index (χ4v) is 3.69. The summed E-state index contributed by atoms with van der Waals surface area (Å²) in [5.41, 5.74) is 4.25. The van der Waals surface area contributed by atoms with Gasteiger partial charge in [-0.05, 0) is 53.5 Å². The molecule has 1 aromatic carbocycles. The van der Waals surface area contributed by atoms with Gasteiger partial charge in [0.15, 0.2) is 0 Å². The molecular formula is C19H23IO5S. The zero-order valence-electron chi connectivity index (χ0n) is 15.2. The standard InChI is InChI=1S/C19H23IO5S/c1-12(5-4-8-21)6-7-14-17(23-3)13(2)15-11-25-19(22)16(15)18(14)24-9-10-26-20/h6,8H,4-5,7,9-11H2,1-3H3/b12-6+. The first-order chi connectivity index (χ1) is 12.5. The predicted molar refractivity (Wildman–Crippen MR) is 112 cm³/mol. The summed E-state index contributed by atoms with van der Waals surface area (Å²) in [7, 11) is 3.28. The maximum atomic E-state index is 12.3. The number of allylic oxidation sites excluding steroid dienone is 2. The number of hydrogen-bond donors (Lipinski definition) is 0. The van der Waals surface area contributed by atoms with E-state index in [2.05, 4.69) is 27.3 Å². The van der Waals surface area contributed by atoms with E-state index < -0.39 is 0 Å². The van der Waals surface area contributed by atoms with Gasteiger partial charge >= 0.3 is 5.97 Å². The van der Waals surface area contributed by atoms with Crippen molar-refractivity contribution in [1.82, 2.24) is 0 Å². The van der Waals surface area contributed by atoms with Crippen molar-refractivity contribution in [2.75, 3.05) is 19.5 Å². The maximum absolute atomic E-state index is 12.3. The van der Waals surface area contributed by atoms with E-state index in [4.69, 9.17) is 14.2 Å². The molecule has 1 aliphatic heterocycles. The molecule has 0 spiro atoms. The second-order valence-corrected chi connectivity index (χ2v) is 8.51. The highest BCUT2D eigenvalue weighted by Gasteiger charge is 2.33. The zero-order valence-corrected chi connectivity index (χ0v) is 18.2. The Morgan fingerprint density at radius 2 is 2.15 bits per heavy atom. The van der Waals surface area contributed by atoms with Crippen LogP contribution in [-0.2, 0) is 22.6 Å². The van der Waals surface area contributed by atoms with Gasteiger partial charge in [0.25, 0.3) is 0 Å². The Balaban J connectivity index is 2.48. The van der Waals surface area contributed by atoms with E-state index in [9.17, 15) is 9.59 Å². The molecule has 0 aromatic heterocycles. The fourth-order valence-electron chi connectivity index (χ4n) is 3.01. The number of hydrogen-bond acceptors (Lipinski definition) is 6. The van der Waals surface area contributed by atoms with E-state index in [1.165, 1.54) is 0 Å². The lowest BCUT2D eigenvalue weighted by molar-refractivity contribution is -0.107. The van der Waals surface area contributed by atoms with Crippen LogP contribution in [0.1, 0.15) is 46.8 Å². The molecule has 0 aliphatic carbocycles. The number of esters is 1. The SMILES string of the molecule is COc1c(C)c2c(c(OCCSI)c1C/C=C(\C)CCC=O)C(=O)OC2. The van der Waals surface area contributed by atoms with E-state index >= 15 is 0 Å². The number of halogens is 1. The molecular weight excluding hydrogens is 467 g/mol. The summed E-state index contributed by atoms with van der Waals surface area (Å²) in [4.78, 5) is 22.9. The van der Waals surface area contributed by atoms with Gasteiger partial charge in [-0.15, -0.1) is 0 Å². The molecule has 0 bridgehead atoms. The zero-order chi connectivity index (χ0) is 19.1. The Kier molecular flexibility index (Phi) is 8.27. The largest absolute Gasteiger partial charge is 0.496 e. The molecule has 26 heavy (non-hydrogen) atoms. The minimum atomic E-state index is -0.342. The van der Waals surface area contributed by atoms with E-state index in [0.717, 1.165) is 46.5 Å². The first-order valence-electron chi connectivity index (χ1n) is 8.40. The Morgan fingerprint density at radius 3 is 2.81 bits per heavy atom. The molecule has 142 valence electrons. The quantitative estimate of drug-likeness (QED) is 0.157. The van der Waals surface area contributed by atoms with Crippen molar-refractivity contribution < 1.29 is 23.8 Å². The minimum Gasteiger partial charge on any atom is -0.496 e. The number of aldehydes is 1. The first kappa shape index (κ1) is 21.1. The summed E-state index contributed by atoms with van der Waals surface area (Å²) in [6, 6.07) is 0. The molecule has 2 rings (SSSR count). The molecule has 0 unspecified atom stereocenters. The third-order valence-corrected chi connectivity index (χ3v) is 5.99. The van der Waals surface area contributed by atoms with Crippen LogP contribution in [0.15, 0.2) is 11.6 Å². The van der Waals surface area contributed by atoms with Gasteiger partial charge in [-0.25, -0.2) is 4.79 Å². The van der Waals surface area contributed by atoms with Crippen molar-refractivity contribution in [2.24, 2.45) is 0 Å². The molecule has 1 heterocycles. The summed E-state index contributed by atoms with van der Waals surface area (Å²) in [5, 5.41) is 0. The van der Waals surface area contributed by atoms with Gasteiger partial charge < -0.3 is 19.0 Å². The Labute approximate surface area is 170 Å². The van der Waals surface area contributed by atoms with E-state index in [1.54, 1.807) is 16.0 Å². The van der Waals surface area contributed by atoms with Crippen LogP contribution in [0.4, 0.5) is 0 Å². The van der Waals surface area contributed by atoms with Crippen LogP contribution in [0.2, 0.25) is 0 Å². The molecule has 1 aromatic rings. The van der Waals surface area contributed by atoms with Gasteiger partial charge in [-0.2, -0.15) is 0 Å². The van der Waals surface area contributed by atoms with Gasteiger partial charge in [0.1, 0.15) is 30.0 Å². The second kappa shape index (κ2) is 10.2. The van der Waals surface area contributed by atoms with Crippen molar-refractivity contribution in [3.05, 3.63) is 33.9 Å². The van der Waals surface area contributed by atoms with Gasteiger partial charge in [-0.1, -0.05) is 20.6 Å². The average Bonchev–Trinajstić information content (AvgIpc) is 3.02. The minimum absolute atomic E-state index is 0.252. The third kappa shape index (κ3) is 4.73. The van der Waals surface area contributed by atoms with Gasteiger partial charge in [0, 0.05) is 23.3 Å². The van der Waals surface area contributed by atoms with Gasteiger partial charge in [0.05, 0.1) is 13.7 Å². The molecule has 0 amide bonds. The summed E-state index contributed by atoms with van der Waals surface area (Å²) < 4.78 is 16.9. The highest BCUT2D eigenvalue weighted by atomic mass is 127. The van der Waals surface area contributed by atoms with Crippen LogP contribution in [-0.4, -0.2) is 31.7 Å². The lowest BCUT2D eigenvalue weighted by atomic mass is 9.94. The van der Waals surface area contributed by atoms with Crippen LogP contribution in [0, 0.1) is 6.92 Å². The van der Waals surface area contributed by atoms with Crippen LogP contribution in [0.25, 0.3) is 0 Å². The molecule has 1 aliphatic rings. The number of methoxy groups -OCH3 is 1. The highest BCUT2D eigenvalue weighted by molar-refractivity contribution is 14.2. The second-order valence-electron chi connectivity index (χ2n) is 6.02. The van der Waals surface area contributed by atoms with Crippen molar-refractivity contribution in [3.63, 3.8) is 0 Å². The summed E-state index contributed by atoms with van der Waals surface area (Å²) in [6.07, 6.45) is 4.78. The Morgan fingerprint density at radius 1 is 1.38 bits per heavy atom. The molecule has 7 heteroatoms. The Bertz CT molecular complexity index is 715. The molecule has 0 radical (unpaired) electrons. The molecule has 0 fully saturated rings. The summed E-state index contributed by atoms with van der Waals surface area (Å²) in [6.45, 7) is 4.69. The molecule has 0 saturated carbocycles. The third-order valence-electron chi connectivity index (χ3n) is 4.34. The van der Waals surface area contributed by atoms with Crippen molar-refractivity contribution in [3.8, 4) is 11.5 Å². The Hall–Kier alpha value is -1.22. The number of ether oxygens (including phenoxy) is 3. The molecule has 0 N–H and O–H groups in total. The maximum Gasteiger partial charge on any atom is 0.342 e. The lowest BCUT2D eigenvalue weighted by Gasteiger charge is -2.19. The molecule has 0 saturated heterocycles. The van der Waals surface area contributed by atoms with Crippen molar-refractivity contribution in [1.29, 1.82) is 0 Å². The van der Waals surface area contributed by atoms with E-state index in [-0.39, 0.29) is 12.6 Å². The number of carbonyl (C=O) groups is 2. The van der Waals surface area contributed by atoms with Crippen molar-refractivity contribution in [2.45, 2.75) is 39.7 Å². The summed E-state index contributed by atoms with van der Waals surface area (Å²) in [5.74, 6) is 1.77. The van der Waals surface area contributed by atoms with Crippen LogP contribution >= 0.6 is 30.1 Å². The average molecular weight is 490 g/mol. The summed E-state index contributed by atoms with van der Waals surface area (Å²) >= 11 is 2.22. The molecule has 5 nitrogen and oxygen atoms in total. The highest BCUT2D eigenvalue weighted by Crippen LogP contribution is 2.43. The fraction of sp³-hybridized carbons (Fsp3) is 0.474. The number of carbonyl (C=O) groups excluding carboxylic acids is 2. The van der Waals surface area contributed by atoms with E-state index in [0.29, 0.717) is 30.8 Å². The monoisotopic (exact) mass is 490 g/mol. The van der Waals surface area contributed by atoms with Gasteiger partial charge in [-0.3, -0.25) is 0 Å². The van der Waals surface area contributed by atoms with Gasteiger partial charge in [0.2, 0.25) is 0 Å². The smallest absolute Gasteiger partial charge is 0.342 e. The number of benzene rings is 1. The first-order valence-corrected chi connectivity index (χ1v) is 11.9. The van der Waals surface area contributed by atoms with E-state index in [1.807, 2.05) is 13.8 Å². The van der Waals surface area contributed by atoms with Crippen molar-refractivity contribution >= 4 is 42.4 Å².